The van der Waals surface area contributed by atoms with Crippen LogP contribution in [0.15, 0.2) is 23.4 Å². The Kier molecular flexibility index (Phi) is 3.35. The van der Waals surface area contributed by atoms with Gasteiger partial charge in [-0.2, -0.15) is 0 Å². The number of aliphatic hydroxyl groups excluding tert-OH is 2. The molecule has 0 unspecified atom stereocenters. The van der Waals surface area contributed by atoms with E-state index in [1.807, 2.05) is 0 Å². The monoisotopic (exact) mass is 241 g/mol. The van der Waals surface area contributed by atoms with Crippen LogP contribution in [0.5, 0.6) is 5.75 Å². The Hall–Kier alpha value is -1.53. The highest BCUT2D eigenvalue weighted by atomic mass is 19.1. The third-order valence-corrected chi connectivity index (χ3v) is 2.77. The average molecular weight is 241 g/mol. The summed E-state index contributed by atoms with van der Waals surface area (Å²) in [5.74, 6) is -0.502. The van der Waals surface area contributed by atoms with Gasteiger partial charge in [0, 0.05) is 18.9 Å². The summed E-state index contributed by atoms with van der Waals surface area (Å²) in [7, 11) is 0. The zero-order chi connectivity index (χ0) is 12.4. The quantitative estimate of drug-likeness (QED) is 0.786. The average Bonchev–Trinajstić information content (AvgIpc) is 2.58. The molecule has 17 heavy (non-hydrogen) atoms. The van der Waals surface area contributed by atoms with Gasteiger partial charge >= 0.3 is 0 Å². The predicted octanol–water partition coefficient (Wildman–Crippen LogP) is 1.49. The smallest absolute Gasteiger partial charge is 0.151 e. The Morgan fingerprint density at radius 1 is 1.29 bits per heavy atom. The normalized spacial score (nSPS) is 28.1. The molecule has 1 aliphatic carbocycles. The van der Waals surface area contributed by atoms with Crippen LogP contribution >= 0.6 is 0 Å². The van der Waals surface area contributed by atoms with E-state index in [9.17, 15) is 19.5 Å². The molecule has 0 aliphatic heterocycles. The maximum atomic E-state index is 13.0. The first-order valence-corrected chi connectivity index (χ1v) is 5.26. The largest absolute Gasteiger partial charge is 0.488 e. The first-order chi connectivity index (χ1) is 8.10. The molecule has 2 N–H and O–H groups in total. The van der Waals surface area contributed by atoms with Crippen LogP contribution in [-0.4, -0.2) is 28.5 Å². The lowest BCUT2D eigenvalue weighted by Crippen LogP contribution is -2.17. The lowest BCUT2D eigenvalue weighted by molar-refractivity contribution is 0.0438. The minimum Gasteiger partial charge on any atom is -0.488 e. The fraction of sp³-hybridized carbons (Fsp3) is 0.455. The van der Waals surface area contributed by atoms with Gasteiger partial charge in [0.05, 0.1) is 12.2 Å². The third-order valence-electron chi connectivity index (χ3n) is 2.77. The predicted molar refractivity (Wildman–Crippen MR) is 57.5 cm³/mol. The molecular weight excluding hydrogens is 229 g/mol. The number of rotatable bonds is 3. The van der Waals surface area contributed by atoms with Crippen LogP contribution in [0.4, 0.5) is 10.1 Å². The van der Waals surface area contributed by atoms with Crippen LogP contribution in [-0.2, 0) is 0 Å². The number of nitrogens with zero attached hydrogens (tertiary/aromatic N) is 1. The van der Waals surface area contributed by atoms with Gasteiger partial charge in [-0.25, -0.2) is 4.39 Å². The molecule has 1 saturated carbocycles. The number of hydrogen-bond acceptors (Lipinski definition) is 5. The summed E-state index contributed by atoms with van der Waals surface area (Å²) in [5.41, 5.74) is 0.00211. The number of ether oxygens (including phenoxy) is 1. The van der Waals surface area contributed by atoms with Gasteiger partial charge in [-0.1, -0.05) is 0 Å². The van der Waals surface area contributed by atoms with Crippen molar-refractivity contribution in [2.45, 2.75) is 31.2 Å². The van der Waals surface area contributed by atoms with Gasteiger partial charge in [0.15, 0.2) is 5.75 Å². The Balaban J connectivity index is 2.13. The van der Waals surface area contributed by atoms with Crippen molar-refractivity contribution in [2.24, 2.45) is 5.18 Å². The van der Waals surface area contributed by atoms with E-state index in [-0.39, 0.29) is 24.3 Å². The van der Waals surface area contributed by atoms with E-state index in [0.717, 1.165) is 12.1 Å². The van der Waals surface area contributed by atoms with Crippen LogP contribution in [0.25, 0.3) is 0 Å². The summed E-state index contributed by atoms with van der Waals surface area (Å²) in [6.45, 7) is 0. The van der Waals surface area contributed by atoms with E-state index in [4.69, 9.17) is 4.74 Å². The van der Waals surface area contributed by atoms with E-state index in [1.54, 1.807) is 0 Å². The van der Waals surface area contributed by atoms with Gasteiger partial charge in [0.1, 0.15) is 17.6 Å². The Bertz CT molecular complexity index is 416. The second-order valence-electron chi connectivity index (χ2n) is 4.05. The highest BCUT2D eigenvalue weighted by molar-refractivity contribution is 5.51. The number of nitroso groups, excluding NO2 is 1. The molecule has 1 fully saturated rings. The number of benzene rings is 1. The molecule has 0 amide bonds. The molecule has 0 aromatic heterocycles. The van der Waals surface area contributed by atoms with Crippen LogP contribution < -0.4 is 4.74 Å². The second-order valence-corrected chi connectivity index (χ2v) is 4.05. The Labute approximate surface area is 96.8 Å². The van der Waals surface area contributed by atoms with E-state index < -0.39 is 24.1 Å². The highest BCUT2D eigenvalue weighted by Gasteiger charge is 2.33. The molecule has 0 bridgehead atoms. The molecule has 6 heteroatoms. The highest BCUT2D eigenvalue weighted by Crippen LogP contribution is 2.32. The summed E-state index contributed by atoms with van der Waals surface area (Å²) in [5, 5.41) is 21.4. The fourth-order valence-corrected chi connectivity index (χ4v) is 1.88. The molecule has 1 aliphatic rings. The molecule has 0 saturated heterocycles. The molecule has 2 rings (SSSR count). The van der Waals surface area contributed by atoms with Crippen LogP contribution in [0.1, 0.15) is 12.8 Å². The van der Waals surface area contributed by atoms with E-state index >= 15 is 0 Å². The zero-order valence-electron chi connectivity index (χ0n) is 8.91. The molecule has 1 aromatic carbocycles. The number of aliphatic hydroxyl groups is 2. The third kappa shape index (κ3) is 2.59. The molecule has 5 nitrogen and oxygen atoms in total. The second kappa shape index (κ2) is 4.77. The lowest BCUT2D eigenvalue weighted by Gasteiger charge is -2.13. The fourth-order valence-electron chi connectivity index (χ4n) is 1.88. The molecule has 92 valence electrons. The van der Waals surface area contributed by atoms with E-state index in [0.29, 0.717) is 0 Å². The van der Waals surface area contributed by atoms with Crippen molar-refractivity contribution >= 4 is 5.69 Å². The first-order valence-electron chi connectivity index (χ1n) is 5.26. The maximum absolute atomic E-state index is 13.0. The number of halogens is 1. The van der Waals surface area contributed by atoms with E-state index in [2.05, 4.69) is 5.18 Å². The van der Waals surface area contributed by atoms with Gasteiger partial charge in [0.2, 0.25) is 0 Å². The van der Waals surface area contributed by atoms with Crippen LogP contribution in [0, 0.1) is 10.7 Å². The van der Waals surface area contributed by atoms with E-state index in [1.165, 1.54) is 6.07 Å². The van der Waals surface area contributed by atoms with Crippen molar-refractivity contribution in [1.29, 1.82) is 0 Å². The zero-order valence-corrected chi connectivity index (χ0v) is 8.91. The SMILES string of the molecule is O=Nc1ccc(F)cc1O[C@H]1C[C@@H](O)[C@@H](O)C1. The Morgan fingerprint density at radius 2 is 1.94 bits per heavy atom. The van der Waals surface area contributed by atoms with Crippen molar-refractivity contribution in [3.05, 3.63) is 28.9 Å². The van der Waals surface area contributed by atoms with Crippen LogP contribution in [0.3, 0.4) is 0 Å². The summed E-state index contributed by atoms with van der Waals surface area (Å²) in [6.07, 6.45) is -1.64. The lowest BCUT2D eigenvalue weighted by atomic mass is 10.2. The van der Waals surface area contributed by atoms with Crippen molar-refractivity contribution in [1.82, 2.24) is 0 Å². The molecule has 0 radical (unpaired) electrons. The number of hydrogen-bond donors (Lipinski definition) is 2. The molecule has 0 heterocycles. The minimum absolute atomic E-state index is 0.00211. The molecule has 3 atom stereocenters. The topological polar surface area (TPSA) is 79.1 Å². The van der Waals surface area contributed by atoms with Crippen molar-refractivity contribution in [2.75, 3.05) is 0 Å². The summed E-state index contributed by atoms with van der Waals surface area (Å²) in [6, 6.07) is 3.40. The molecule has 0 spiro atoms. The van der Waals surface area contributed by atoms with Crippen molar-refractivity contribution in [3.63, 3.8) is 0 Å². The van der Waals surface area contributed by atoms with Gasteiger partial charge in [-0.05, 0) is 17.3 Å². The standard InChI is InChI=1S/C11H12FNO4/c12-6-1-2-8(13-16)11(3-6)17-7-4-9(14)10(15)5-7/h1-3,7,9-10,14-15H,4-5H2/t7-,9+,10-. The Morgan fingerprint density at radius 3 is 2.53 bits per heavy atom. The first kappa shape index (κ1) is 11.9. The van der Waals surface area contributed by atoms with Gasteiger partial charge in [0.25, 0.3) is 0 Å². The van der Waals surface area contributed by atoms with Crippen molar-refractivity contribution < 1.29 is 19.3 Å². The van der Waals surface area contributed by atoms with Gasteiger partial charge < -0.3 is 14.9 Å². The summed E-state index contributed by atoms with van der Waals surface area (Å²) in [4.78, 5) is 10.5. The molecular formula is C11H12FNO4. The van der Waals surface area contributed by atoms with Gasteiger partial charge in [-0.3, -0.25) is 0 Å². The van der Waals surface area contributed by atoms with Crippen LogP contribution in [0.2, 0.25) is 0 Å². The molecule has 1 aromatic rings. The summed E-state index contributed by atoms with van der Waals surface area (Å²) >= 11 is 0. The van der Waals surface area contributed by atoms with Gasteiger partial charge in [-0.15, -0.1) is 4.91 Å². The maximum Gasteiger partial charge on any atom is 0.151 e. The summed E-state index contributed by atoms with van der Waals surface area (Å²) < 4.78 is 18.4. The minimum atomic E-state index is -0.846. The van der Waals surface area contributed by atoms with Crippen molar-refractivity contribution in [3.8, 4) is 5.75 Å².